The lowest BCUT2D eigenvalue weighted by molar-refractivity contribution is -0.121. The van der Waals surface area contributed by atoms with Crippen LogP contribution in [0.1, 0.15) is 18.4 Å². The molecule has 0 aliphatic heterocycles. The lowest BCUT2D eigenvalue weighted by Crippen LogP contribution is -2.23. The van der Waals surface area contributed by atoms with Crippen LogP contribution >= 0.6 is 12.4 Å². The number of methoxy groups -OCH3 is 1. The summed E-state index contributed by atoms with van der Waals surface area (Å²) in [5, 5.41) is 2.90. The third-order valence-corrected chi connectivity index (χ3v) is 3.45. The molecule has 0 spiro atoms. The summed E-state index contributed by atoms with van der Waals surface area (Å²) >= 11 is 0. The summed E-state index contributed by atoms with van der Waals surface area (Å²) in [6.07, 6.45) is 1.21. The summed E-state index contributed by atoms with van der Waals surface area (Å²) in [5.74, 6) is 0.885. The number of amides is 1. The Labute approximate surface area is 143 Å². The minimum absolute atomic E-state index is 0. The van der Waals surface area contributed by atoms with E-state index in [0.717, 1.165) is 28.9 Å². The standard InChI is InChI=1S/C18H22N2O2.ClH/c1-22-17-5-2-4-16(12-17)15-9-7-14(8-10-15)13-20-18(21)6-3-11-19;/h2,4-5,7-10,12H,3,6,11,13,19H2,1H3,(H,20,21);1H. The fourth-order valence-electron chi connectivity index (χ4n) is 2.17. The molecule has 0 aliphatic carbocycles. The zero-order chi connectivity index (χ0) is 15.8. The molecule has 0 aliphatic rings. The van der Waals surface area contributed by atoms with Gasteiger partial charge in [0, 0.05) is 13.0 Å². The molecule has 0 saturated carbocycles. The van der Waals surface area contributed by atoms with Crippen molar-refractivity contribution in [3.8, 4) is 16.9 Å². The van der Waals surface area contributed by atoms with Gasteiger partial charge in [0.2, 0.25) is 5.91 Å². The van der Waals surface area contributed by atoms with E-state index in [4.69, 9.17) is 10.5 Å². The van der Waals surface area contributed by atoms with E-state index in [-0.39, 0.29) is 18.3 Å². The highest BCUT2D eigenvalue weighted by atomic mass is 35.5. The molecule has 0 saturated heterocycles. The van der Waals surface area contributed by atoms with Gasteiger partial charge < -0.3 is 15.8 Å². The van der Waals surface area contributed by atoms with E-state index in [1.165, 1.54) is 0 Å². The highest BCUT2D eigenvalue weighted by Crippen LogP contribution is 2.23. The molecule has 1 amide bonds. The smallest absolute Gasteiger partial charge is 0.220 e. The molecule has 2 rings (SSSR count). The number of nitrogens with one attached hydrogen (secondary N) is 1. The first kappa shape index (κ1) is 19.0. The number of halogens is 1. The van der Waals surface area contributed by atoms with Crippen molar-refractivity contribution in [2.75, 3.05) is 13.7 Å². The zero-order valence-electron chi connectivity index (χ0n) is 13.2. The molecule has 0 radical (unpaired) electrons. The highest BCUT2D eigenvalue weighted by molar-refractivity contribution is 5.85. The van der Waals surface area contributed by atoms with Gasteiger partial charge in [0.05, 0.1) is 7.11 Å². The molecule has 0 aromatic heterocycles. The maximum atomic E-state index is 11.6. The van der Waals surface area contributed by atoms with Gasteiger partial charge >= 0.3 is 0 Å². The van der Waals surface area contributed by atoms with Crippen LogP contribution in [0.15, 0.2) is 48.5 Å². The average Bonchev–Trinajstić information content (AvgIpc) is 2.58. The van der Waals surface area contributed by atoms with E-state index in [0.29, 0.717) is 19.5 Å². The van der Waals surface area contributed by atoms with Crippen molar-refractivity contribution in [3.63, 3.8) is 0 Å². The van der Waals surface area contributed by atoms with Gasteiger partial charge in [-0.3, -0.25) is 4.79 Å². The number of carbonyl (C=O) groups is 1. The molecule has 4 nitrogen and oxygen atoms in total. The first-order valence-electron chi connectivity index (χ1n) is 7.43. The molecule has 3 N–H and O–H groups in total. The Morgan fingerprint density at radius 1 is 1.13 bits per heavy atom. The second kappa shape index (κ2) is 9.87. The molecule has 0 heterocycles. The molecular weight excluding hydrogens is 312 g/mol. The summed E-state index contributed by atoms with van der Waals surface area (Å²) in [5.41, 5.74) is 8.70. The van der Waals surface area contributed by atoms with Crippen LogP contribution in [0.3, 0.4) is 0 Å². The summed E-state index contributed by atoms with van der Waals surface area (Å²) in [6.45, 7) is 1.09. The van der Waals surface area contributed by atoms with Crippen molar-refractivity contribution in [1.29, 1.82) is 0 Å². The van der Waals surface area contributed by atoms with Crippen LogP contribution in [-0.2, 0) is 11.3 Å². The van der Waals surface area contributed by atoms with Crippen LogP contribution in [0.25, 0.3) is 11.1 Å². The molecule has 124 valence electrons. The summed E-state index contributed by atoms with van der Waals surface area (Å²) < 4.78 is 5.24. The minimum Gasteiger partial charge on any atom is -0.497 e. The van der Waals surface area contributed by atoms with Gasteiger partial charge in [0.25, 0.3) is 0 Å². The van der Waals surface area contributed by atoms with Gasteiger partial charge in [-0.1, -0.05) is 36.4 Å². The third kappa shape index (κ3) is 5.93. The minimum atomic E-state index is 0. The van der Waals surface area contributed by atoms with Crippen molar-refractivity contribution in [2.45, 2.75) is 19.4 Å². The van der Waals surface area contributed by atoms with Gasteiger partial charge in [-0.05, 0) is 41.8 Å². The first-order valence-corrected chi connectivity index (χ1v) is 7.43. The Bertz CT molecular complexity index is 615. The van der Waals surface area contributed by atoms with Crippen LogP contribution in [-0.4, -0.2) is 19.6 Å². The van der Waals surface area contributed by atoms with E-state index < -0.39 is 0 Å². The molecule has 0 bridgehead atoms. The Hall–Kier alpha value is -2.04. The Balaban J connectivity index is 0.00000264. The quantitative estimate of drug-likeness (QED) is 0.817. The van der Waals surface area contributed by atoms with Gasteiger partial charge in [0.15, 0.2) is 0 Å². The maximum Gasteiger partial charge on any atom is 0.220 e. The Morgan fingerprint density at radius 2 is 1.87 bits per heavy atom. The Kier molecular flexibility index (Phi) is 8.16. The number of benzene rings is 2. The number of rotatable bonds is 7. The molecule has 2 aromatic rings. The molecule has 2 aromatic carbocycles. The fraction of sp³-hybridized carbons (Fsp3) is 0.278. The maximum absolute atomic E-state index is 11.6. The summed E-state index contributed by atoms with van der Waals surface area (Å²) in [4.78, 5) is 11.6. The fourth-order valence-corrected chi connectivity index (χ4v) is 2.17. The number of hydrogen-bond acceptors (Lipinski definition) is 3. The average molecular weight is 335 g/mol. The summed E-state index contributed by atoms with van der Waals surface area (Å²) in [6, 6.07) is 16.1. The zero-order valence-corrected chi connectivity index (χ0v) is 14.1. The van der Waals surface area contributed by atoms with E-state index in [1.54, 1.807) is 7.11 Å². The number of carbonyl (C=O) groups excluding carboxylic acids is 1. The molecule has 0 fully saturated rings. The van der Waals surface area contributed by atoms with E-state index in [2.05, 4.69) is 17.4 Å². The molecule has 0 atom stereocenters. The monoisotopic (exact) mass is 334 g/mol. The van der Waals surface area contributed by atoms with Crippen LogP contribution in [0.2, 0.25) is 0 Å². The van der Waals surface area contributed by atoms with E-state index >= 15 is 0 Å². The third-order valence-electron chi connectivity index (χ3n) is 3.45. The Morgan fingerprint density at radius 3 is 2.52 bits per heavy atom. The van der Waals surface area contributed by atoms with Gasteiger partial charge in [0.1, 0.15) is 5.75 Å². The van der Waals surface area contributed by atoms with Crippen molar-refractivity contribution >= 4 is 18.3 Å². The lowest BCUT2D eigenvalue weighted by atomic mass is 10.0. The molecule has 5 heteroatoms. The summed E-state index contributed by atoms with van der Waals surface area (Å²) in [7, 11) is 1.66. The van der Waals surface area contributed by atoms with Crippen LogP contribution in [0.5, 0.6) is 5.75 Å². The second-order valence-corrected chi connectivity index (χ2v) is 5.10. The first-order chi connectivity index (χ1) is 10.7. The second-order valence-electron chi connectivity index (χ2n) is 5.10. The number of nitrogens with two attached hydrogens (primary N) is 1. The van der Waals surface area contributed by atoms with Crippen LogP contribution < -0.4 is 15.8 Å². The van der Waals surface area contributed by atoms with Crippen molar-refractivity contribution < 1.29 is 9.53 Å². The van der Waals surface area contributed by atoms with Gasteiger partial charge in [-0.25, -0.2) is 0 Å². The van der Waals surface area contributed by atoms with Crippen molar-refractivity contribution in [3.05, 3.63) is 54.1 Å². The number of ether oxygens (including phenoxy) is 1. The van der Waals surface area contributed by atoms with Crippen molar-refractivity contribution in [2.24, 2.45) is 5.73 Å². The molecule has 23 heavy (non-hydrogen) atoms. The van der Waals surface area contributed by atoms with Gasteiger partial charge in [-0.15, -0.1) is 12.4 Å². The van der Waals surface area contributed by atoms with E-state index in [9.17, 15) is 4.79 Å². The normalized spacial score (nSPS) is 9.83. The van der Waals surface area contributed by atoms with Gasteiger partial charge in [-0.2, -0.15) is 0 Å². The number of hydrogen-bond donors (Lipinski definition) is 2. The molecular formula is C18H23ClN2O2. The van der Waals surface area contributed by atoms with E-state index in [1.807, 2.05) is 36.4 Å². The highest BCUT2D eigenvalue weighted by Gasteiger charge is 2.02. The van der Waals surface area contributed by atoms with Crippen molar-refractivity contribution in [1.82, 2.24) is 5.32 Å². The van der Waals surface area contributed by atoms with Crippen LogP contribution in [0, 0.1) is 0 Å². The molecule has 0 unspecified atom stereocenters. The van der Waals surface area contributed by atoms with Crippen LogP contribution in [0.4, 0.5) is 0 Å². The predicted molar refractivity (Wildman–Crippen MR) is 95.8 cm³/mol. The largest absolute Gasteiger partial charge is 0.497 e. The predicted octanol–water partition coefficient (Wildman–Crippen LogP) is 3.14. The SMILES string of the molecule is COc1cccc(-c2ccc(CNC(=O)CCCN)cc2)c1.Cl. The topological polar surface area (TPSA) is 64.3 Å². The lowest BCUT2D eigenvalue weighted by Gasteiger charge is -2.07.